The van der Waals surface area contributed by atoms with Crippen molar-refractivity contribution in [2.45, 2.75) is 46.7 Å². The Morgan fingerprint density at radius 3 is 1.68 bits per heavy atom. The van der Waals surface area contributed by atoms with E-state index in [0.717, 1.165) is 5.92 Å². The lowest BCUT2D eigenvalue weighted by Gasteiger charge is -2.10. The highest BCUT2D eigenvalue weighted by molar-refractivity contribution is 7.66. The monoisotopic (exact) mass is 327 g/mol. The molecule has 0 fully saturated rings. The zero-order valence-electron chi connectivity index (χ0n) is 14.9. The predicted molar refractivity (Wildman–Crippen MR) is 91.7 cm³/mol. The lowest BCUT2D eigenvalue weighted by atomic mass is 10.2. The van der Waals surface area contributed by atoms with Gasteiger partial charge in [0, 0.05) is 0 Å². The van der Waals surface area contributed by atoms with E-state index in [-0.39, 0.29) is 5.56 Å². The van der Waals surface area contributed by atoms with Gasteiger partial charge in [0.05, 0.1) is 14.2 Å². The highest BCUT2D eigenvalue weighted by Gasteiger charge is 2.45. The average molecular weight is 327 g/mol. The van der Waals surface area contributed by atoms with Crippen LogP contribution in [0.3, 0.4) is 0 Å². The lowest BCUT2D eigenvalue weighted by molar-refractivity contribution is 0.107. The molecule has 1 unspecified atom stereocenters. The van der Waals surface area contributed by atoms with Crippen molar-refractivity contribution in [2.75, 3.05) is 14.2 Å². The minimum atomic E-state index is -2.05. The molecule has 1 atom stereocenters. The number of benzene rings is 1. The van der Waals surface area contributed by atoms with Crippen LogP contribution in [0.4, 0.5) is 0 Å². The minimum Gasteiger partial charge on any atom is -0.496 e. The van der Waals surface area contributed by atoms with E-state index in [1.807, 2.05) is 0 Å². The molecule has 1 aromatic carbocycles. The van der Waals surface area contributed by atoms with E-state index in [2.05, 4.69) is 20.8 Å². The van der Waals surface area contributed by atoms with Crippen LogP contribution in [-0.2, 0) is 4.57 Å². The van der Waals surface area contributed by atoms with Crippen LogP contribution in [0.1, 0.15) is 51.9 Å². The molecule has 0 bridgehead atoms. The number of hydrogen-bond donors (Lipinski definition) is 0. The fraction of sp³-hybridized carbons (Fsp3) is 0.588. The fourth-order valence-corrected chi connectivity index (χ4v) is 2.50. The van der Waals surface area contributed by atoms with Gasteiger partial charge in [0.2, 0.25) is 0 Å². The number of ether oxygens (including phenoxy) is 2. The number of carbonyl (C=O) groups is 1. The third-order valence-corrected chi connectivity index (χ3v) is 4.25. The third-order valence-electron chi connectivity index (χ3n) is 2.44. The van der Waals surface area contributed by atoms with Gasteiger partial charge < -0.3 is 9.47 Å². The van der Waals surface area contributed by atoms with Gasteiger partial charge in [-0.2, -0.15) is 0 Å². The number of methoxy groups -OCH3 is 2. The van der Waals surface area contributed by atoms with E-state index in [1.165, 1.54) is 14.2 Å². The molecule has 0 amide bonds. The summed E-state index contributed by atoms with van der Waals surface area (Å²) in [6.45, 7) is 11.8. The molecule has 124 valence electrons. The molecule has 0 aliphatic carbocycles. The molecule has 0 saturated carbocycles. The molecule has 0 radical (unpaired) electrons. The van der Waals surface area contributed by atoms with Crippen LogP contribution in [0.15, 0.2) is 18.2 Å². The molecular weight excluding hydrogens is 299 g/mol. The second-order valence-corrected chi connectivity index (χ2v) is 8.88. The van der Waals surface area contributed by atoms with Gasteiger partial charge in [-0.25, -0.2) is 4.79 Å². The van der Waals surface area contributed by atoms with Crippen LogP contribution in [-0.4, -0.2) is 24.9 Å². The molecule has 0 spiro atoms. The average Bonchev–Trinajstić information content (AvgIpc) is 2.43. The Balaban J connectivity index is 0.000000980. The van der Waals surface area contributed by atoms with Crippen molar-refractivity contribution < 1.29 is 18.8 Å². The summed E-state index contributed by atoms with van der Waals surface area (Å²) >= 11 is 0. The van der Waals surface area contributed by atoms with Gasteiger partial charge in [-0.05, 0) is 38.8 Å². The summed E-state index contributed by atoms with van der Waals surface area (Å²) in [6.07, 6.45) is 0. The lowest BCUT2D eigenvalue weighted by Crippen LogP contribution is -2.13. The Hall–Kier alpha value is -1.41. The maximum absolute atomic E-state index is 12.3. The Kier molecular flexibility index (Phi) is 8.32. The van der Waals surface area contributed by atoms with E-state index < -0.39 is 18.5 Å². The molecule has 1 rings (SSSR count). The first-order valence-electron chi connectivity index (χ1n) is 7.28. The first-order valence-corrected chi connectivity index (χ1v) is 8.54. The van der Waals surface area contributed by atoms with E-state index in [0.29, 0.717) is 11.5 Å². The zero-order chi connectivity index (χ0) is 17.5. The third kappa shape index (κ3) is 6.15. The van der Waals surface area contributed by atoms with Gasteiger partial charge in [-0.3, -0.25) is 0 Å². The maximum Gasteiger partial charge on any atom is 0.425 e. The number of hydrogen-bond acceptors (Lipinski definition) is 4. The Bertz CT molecular complexity index is 491. The number of carbonyl (C=O) groups excluding carboxylic acids is 1. The Labute approximate surface area is 135 Å². The van der Waals surface area contributed by atoms with Crippen molar-refractivity contribution in [2.24, 2.45) is 5.92 Å². The smallest absolute Gasteiger partial charge is 0.425 e. The highest BCUT2D eigenvalue weighted by Crippen LogP contribution is 2.45. The van der Waals surface area contributed by atoms with Gasteiger partial charge in [-0.1, -0.05) is 31.4 Å². The van der Waals surface area contributed by atoms with Gasteiger partial charge in [0.15, 0.2) is 10.7 Å². The molecule has 1 aromatic rings. The second-order valence-electron chi connectivity index (χ2n) is 6.54. The molecule has 0 saturated heterocycles. The van der Waals surface area contributed by atoms with Crippen LogP contribution in [0.5, 0.6) is 11.5 Å². The summed E-state index contributed by atoms with van der Waals surface area (Å²) in [7, 11) is 0.884. The van der Waals surface area contributed by atoms with Crippen LogP contribution in [0, 0.1) is 5.92 Å². The van der Waals surface area contributed by atoms with Crippen molar-refractivity contribution in [3.8, 4) is 11.5 Å². The van der Waals surface area contributed by atoms with Crippen LogP contribution in [0.2, 0.25) is 0 Å². The summed E-state index contributed by atoms with van der Waals surface area (Å²) in [4.78, 5) is 12.3. The normalized spacial score (nSPS) is 11.4. The summed E-state index contributed by atoms with van der Waals surface area (Å²) in [5, 5.41) is -0.585. The maximum atomic E-state index is 12.3. The molecule has 0 heterocycles. The molecular formula is C17H28O4P+. The van der Waals surface area contributed by atoms with Crippen molar-refractivity contribution in [3.63, 3.8) is 0 Å². The molecule has 0 aromatic heterocycles. The number of rotatable bonds is 4. The fourth-order valence-electron chi connectivity index (χ4n) is 1.47. The highest BCUT2D eigenvalue weighted by atomic mass is 31.1. The Morgan fingerprint density at radius 2 is 1.41 bits per heavy atom. The van der Waals surface area contributed by atoms with Gasteiger partial charge in [0.25, 0.3) is 0 Å². The van der Waals surface area contributed by atoms with E-state index in [9.17, 15) is 9.36 Å². The Morgan fingerprint density at radius 1 is 1.05 bits per heavy atom. The van der Waals surface area contributed by atoms with Crippen molar-refractivity contribution in [1.82, 2.24) is 0 Å². The molecule has 22 heavy (non-hydrogen) atoms. The summed E-state index contributed by atoms with van der Waals surface area (Å²) in [5.41, 5.74) is -0.190. The van der Waals surface area contributed by atoms with Gasteiger partial charge in [0.1, 0.15) is 11.5 Å². The van der Waals surface area contributed by atoms with Crippen LogP contribution in [0.25, 0.3) is 0 Å². The first-order chi connectivity index (χ1) is 10.1. The SMILES string of the molecule is CC(C)C.COc1cccc(OC)c1C(=O)[P+](=O)C(C)(C)C. The van der Waals surface area contributed by atoms with E-state index >= 15 is 0 Å². The summed E-state index contributed by atoms with van der Waals surface area (Å²) in [5.74, 6) is 1.60. The van der Waals surface area contributed by atoms with E-state index in [4.69, 9.17) is 9.47 Å². The molecule has 4 nitrogen and oxygen atoms in total. The van der Waals surface area contributed by atoms with Crippen LogP contribution >= 0.6 is 7.80 Å². The molecule has 0 N–H and O–H groups in total. The molecule has 0 aliphatic heterocycles. The van der Waals surface area contributed by atoms with Gasteiger partial charge in [-0.15, -0.1) is 0 Å². The van der Waals surface area contributed by atoms with Crippen molar-refractivity contribution in [1.29, 1.82) is 0 Å². The summed E-state index contributed by atoms with van der Waals surface area (Å²) in [6, 6.07) is 5.03. The van der Waals surface area contributed by atoms with Gasteiger partial charge >= 0.3 is 13.3 Å². The zero-order valence-corrected chi connectivity index (χ0v) is 15.8. The second kappa shape index (κ2) is 8.89. The quantitative estimate of drug-likeness (QED) is 0.719. The van der Waals surface area contributed by atoms with Crippen molar-refractivity contribution in [3.05, 3.63) is 23.8 Å². The minimum absolute atomic E-state index is 0.249. The topological polar surface area (TPSA) is 52.6 Å². The summed E-state index contributed by atoms with van der Waals surface area (Å²) < 4.78 is 22.5. The van der Waals surface area contributed by atoms with Crippen molar-refractivity contribution >= 4 is 13.3 Å². The predicted octanol–water partition coefficient (Wildman–Crippen LogP) is 5.13. The standard InChI is InChI=1S/C13H18O4P.C4H10/c1-13(2,3)18(15)12(14)11-9(16-4)7-6-8-10(11)17-5;1-4(2)3/h6-8H,1-5H3;4H,1-3H3/q+1;. The first kappa shape index (κ1) is 20.6. The molecule has 0 aliphatic rings. The van der Waals surface area contributed by atoms with E-state index in [1.54, 1.807) is 39.0 Å². The largest absolute Gasteiger partial charge is 0.496 e. The van der Waals surface area contributed by atoms with Crippen LogP contribution < -0.4 is 9.47 Å². The molecule has 5 heteroatoms.